The molecule has 0 radical (unpaired) electrons. The van der Waals surface area contributed by atoms with Crippen molar-refractivity contribution in [3.8, 4) is 0 Å². The number of aliphatic hydroxyl groups excluding tert-OH is 1. The number of hydrogen-bond acceptors (Lipinski definition) is 3. The zero-order valence-electron chi connectivity index (χ0n) is 18.1. The van der Waals surface area contributed by atoms with Gasteiger partial charge < -0.3 is 20.2 Å². The molecule has 2 heterocycles. The normalized spacial score (nSPS) is 17.7. The molecule has 0 atom stereocenters. The lowest BCUT2D eigenvalue weighted by atomic mass is 9.97. The van der Waals surface area contributed by atoms with Gasteiger partial charge in [0.1, 0.15) is 0 Å². The summed E-state index contributed by atoms with van der Waals surface area (Å²) in [6.07, 6.45) is 3.23. The summed E-state index contributed by atoms with van der Waals surface area (Å²) in [5.74, 6) is 1.48. The van der Waals surface area contributed by atoms with Crippen molar-refractivity contribution in [2.75, 3.05) is 37.7 Å². The number of nitrogens with zero attached hydrogens (tertiary/aromatic N) is 3. The van der Waals surface area contributed by atoms with Gasteiger partial charge in [-0.25, -0.2) is 4.99 Å². The predicted molar refractivity (Wildman–Crippen MR) is 124 cm³/mol. The lowest BCUT2D eigenvalue weighted by Crippen LogP contribution is -2.44. The van der Waals surface area contributed by atoms with Gasteiger partial charge in [0.25, 0.3) is 0 Å². The third-order valence-electron chi connectivity index (χ3n) is 6.35. The minimum atomic E-state index is 0.321. The summed E-state index contributed by atoms with van der Waals surface area (Å²) in [7, 11) is 0. The Labute approximate surface area is 180 Å². The molecule has 2 aliphatic heterocycles. The molecule has 30 heavy (non-hydrogen) atoms. The monoisotopic (exact) mass is 406 g/mol. The fourth-order valence-corrected chi connectivity index (χ4v) is 4.45. The molecular formula is C25H34N4O. The minimum Gasteiger partial charge on any atom is -0.396 e. The number of rotatable bonds is 5. The van der Waals surface area contributed by atoms with Crippen LogP contribution >= 0.6 is 0 Å². The Hall–Kier alpha value is -2.53. The number of nitrogens with one attached hydrogen (secondary N) is 1. The molecule has 2 aromatic carbocycles. The van der Waals surface area contributed by atoms with Crippen LogP contribution < -0.4 is 10.2 Å². The van der Waals surface area contributed by atoms with E-state index in [2.05, 4.69) is 70.6 Å². The summed E-state index contributed by atoms with van der Waals surface area (Å²) < 4.78 is 0. The van der Waals surface area contributed by atoms with E-state index in [-0.39, 0.29) is 0 Å². The van der Waals surface area contributed by atoms with E-state index in [1.54, 1.807) is 0 Å². The fourth-order valence-electron chi connectivity index (χ4n) is 4.45. The Morgan fingerprint density at radius 2 is 1.77 bits per heavy atom. The summed E-state index contributed by atoms with van der Waals surface area (Å²) in [5.41, 5.74) is 5.38. The van der Waals surface area contributed by atoms with Gasteiger partial charge in [0.2, 0.25) is 0 Å². The van der Waals surface area contributed by atoms with Crippen LogP contribution in [0.3, 0.4) is 0 Å². The van der Waals surface area contributed by atoms with Crippen molar-refractivity contribution in [2.45, 2.75) is 39.3 Å². The quantitative estimate of drug-likeness (QED) is 0.590. The highest BCUT2D eigenvalue weighted by Gasteiger charge is 2.19. The minimum absolute atomic E-state index is 0.321. The maximum atomic E-state index is 9.33. The van der Waals surface area contributed by atoms with Crippen LogP contribution in [0.15, 0.2) is 53.5 Å². The third kappa shape index (κ3) is 4.96. The van der Waals surface area contributed by atoms with E-state index in [0.717, 1.165) is 57.9 Å². The van der Waals surface area contributed by atoms with E-state index in [0.29, 0.717) is 19.1 Å². The summed E-state index contributed by atoms with van der Waals surface area (Å²) in [6, 6.07) is 17.6. The van der Waals surface area contributed by atoms with E-state index in [4.69, 9.17) is 4.99 Å². The number of anilines is 1. The first-order chi connectivity index (χ1) is 14.8. The van der Waals surface area contributed by atoms with E-state index in [1.807, 2.05) is 0 Å². The van der Waals surface area contributed by atoms with Gasteiger partial charge in [-0.15, -0.1) is 0 Å². The smallest absolute Gasteiger partial charge is 0.194 e. The Kier molecular flexibility index (Phi) is 6.90. The van der Waals surface area contributed by atoms with Gasteiger partial charge in [0.15, 0.2) is 5.96 Å². The van der Waals surface area contributed by atoms with Crippen LogP contribution in [0.1, 0.15) is 36.5 Å². The topological polar surface area (TPSA) is 51.1 Å². The van der Waals surface area contributed by atoms with Crippen LogP contribution in [0.25, 0.3) is 0 Å². The molecule has 0 spiro atoms. The van der Waals surface area contributed by atoms with Crippen LogP contribution in [0.2, 0.25) is 0 Å². The summed E-state index contributed by atoms with van der Waals surface area (Å²) >= 11 is 0. The van der Waals surface area contributed by atoms with Crippen molar-refractivity contribution in [2.24, 2.45) is 10.9 Å². The molecule has 2 aliphatic rings. The molecule has 0 unspecified atom stereocenters. The molecule has 0 saturated carbocycles. The zero-order chi connectivity index (χ0) is 20.8. The van der Waals surface area contributed by atoms with Crippen LogP contribution in [-0.4, -0.2) is 48.8 Å². The number of guanidine groups is 1. The van der Waals surface area contributed by atoms with Crippen LogP contribution in [-0.2, 0) is 19.5 Å². The van der Waals surface area contributed by atoms with Gasteiger partial charge in [-0.05, 0) is 60.9 Å². The molecule has 4 rings (SSSR count). The van der Waals surface area contributed by atoms with Crippen LogP contribution in [0.5, 0.6) is 0 Å². The van der Waals surface area contributed by atoms with Gasteiger partial charge in [0, 0.05) is 45.0 Å². The Bertz CT molecular complexity index is 840. The number of hydrogen-bond donors (Lipinski definition) is 2. The van der Waals surface area contributed by atoms with Crippen molar-refractivity contribution in [1.29, 1.82) is 0 Å². The molecule has 0 amide bonds. The second kappa shape index (κ2) is 9.98. The lowest BCUT2D eigenvalue weighted by Gasteiger charge is -2.33. The second-order valence-electron chi connectivity index (χ2n) is 8.39. The van der Waals surface area contributed by atoms with Crippen molar-refractivity contribution >= 4 is 11.6 Å². The highest BCUT2D eigenvalue weighted by atomic mass is 16.3. The van der Waals surface area contributed by atoms with Crippen molar-refractivity contribution in [3.05, 3.63) is 65.2 Å². The van der Waals surface area contributed by atoms with Gasteiger partial charge in [-0.2, -0.15) is 0 Å². The maximum absolute atomic E-state index is 9.33. The third-order valence-corrected chi connectivity index (χ3v) is 6.35. The van der Waals surface area contributed by atoms with Gasteiger partial charge in [-0.3, -0.25) is 0 Å². The van der Waals surface area contributed by atoms with E-state index >= 15 is 0 Å². The SMILES string of the molecule is CCNC(=NCc1ccc(N2CCC(CO)CC2)cc1)N1CCc2ccccc2C1. The van der Waals surface area contributed by atoms with Gasteiger partial charge in [-0.1, -0.05) is 36.4 Å². The molecule has 2 aromatic rings. The lowest BCUT2D eigenvalue weighted by molar-refractivity contribution is 0.203. The highest BCUT2D eigenvalue weighted by Crippen LogP contribution is 2.24. The number of fused-ring (bicyclic) bond motifs is 1. The summed E-state index contributed by atoms with van der Waals surface area (Å²) in [4.78, 5) is 9.73. The summed E-state index contributed by atoms with van der Waals surface area (Å²) in [5, 5.41) is 12.8. The molecule has 0 bridgehead atoms. The highest BCUT2D eigenvalue weighted by molar-refractivity contribution is 5.80. The van der Waals surface area contributed by atoms with Crippen molar-refractivity contribution in [3.63, 3.8) is 0 Å². The molecule has 1 fully saturated rings. The average molecular weight is 407 g/mol. The first kappa shape index (κ1) is 20.7. The molecule has 160 valence electrons. The Morgan fingerprint density at radius 1 is 1.03 bits per heavy atom. The fraction of sp³-hybridized carbons (Fsp3) is 0.480. The molecule has 1 saturated heterocycles. The maximum Gasteiger partial charge on any atom is 0.194 e. The first-order valence-electron chi connectivity index (χ1n) is 11.3. The number of benzene rings is 2. The number of aliphatic imine (C=N–C) groups is 1. The second-order valence-corrected chi connectivity index (χ2v) is 8.39. The van der Waals surface area contributed by atoms with E-state index in [9.17, 15) is 5.11 Å². The largest absolute Gasteiger partial charge is 0.396 e. The molecule has 0 aliphatic carbocycles. The summed E-state index contributed by atoms with van der Waals surface area (Å²) in [6.45, 7) is 8.00. The van der Waals surface area contributed by atoms with Crippen molar-refractivity contribution < 1.29 is 5.11 Å². The van der Waals surface area contributed by atoms with E-state index in [1.165, 1.54) is 22.4 Å². The molecule has 0 aromatic heterocycles. The number of aliphatic hydroxyl groups is 1. The zero-order valence-corrected chi connectivity index (χ0v) is 18.1. The van der Waals surface area contributed by atoms with E-state index < -0.39 is 0 Å². The van der Waals surface area contributed by atoms with Crippen molar-refractivity contribution in [1.82, 2.24) is 10.2 Å². The Morgan fingerprint density at radius 3 is 2.47 bits per heavy atom. The molecular weight excluding hydrogens is 372 g/mol. The number of piperidine rings is 1. The van der Waals surface area contributed by atoms with Crippen LogP contribution in [0, 0.1) is 5.92 Å². The standard InChI is InChI=1S/C25H34N4O/c1-2-26-25(29-16-13-22-5-3-4-6-23(22)18-29)27-17-20-7-9-24(10-8-20)28-14-11-21(19-30)12-15-28/h3-10,21,30H,2,11-19H2,1H3,(H,26,27). The molecule has 5 heteroatoms. The van der Waals surface area contributed by atoms with Crippen LogP contribution in [0.4, 0.5) is 5.69 Å². The average Bonchev–Trinajstić information content (AvgIpc) is 2.82. The van der Waals surface area contributed by atoms with Gasteiger partial charge in [0.05, 0.1) is 6.54 Å². The molecule has 5 nitrogen and oxygen atoms in total. The Balaban J connectivity index is 1.38. The van der Waals surface area contributed by atoms with Gasteiger partial charge >= 0.3 is 0 Å². The molecule has 2 N–H and O–H groups in total. The first-order valence-corrected chi connectivity index (χ1v) is 11.3. The predicted octanol–water partition coefficient (Wildman–Crippen LogP) is 3.42.